The molecule has 0 saturated heterocycles. The van der Waals surface area contributed by atoms with Gasteiger partial charge in [0.05, 0.1) is 0 Å². The van der Waals surface area contributed by atoms with E-state index < -0.39 is 0 Å². The fraction of sp³-hybridized carbons (Fsp3) is 0.818. The molecule has 1 unspecified atom stereocenters. The van der Waals surface area contributed by atoms with Gasteiger partial charge in [0.1, 0.15) is 0 Å². The number of nitrogens with one attached hydrogen (secondary N) is 1. The molecule has 0 aromatic heterocycles. The Labute approximate surface area is 82.0 Å². The molecule has 0 aliphatic heterocycles. The Balaban J connectivity index is 2.36. The van der Waals surface area contributed by atoms with E-state index >= 15 is 0 Å². The minimum absolute atomic E-state index is 0.428. The first kappa shape index (κ1) is 10.7. The number of rotatable bonds is 5. The molecule has 1 atom stereocenters. The fourth-order valence-electron chi connectivity index (χ4n) is 1.80. The van der Waals surface area contributed by atoms with Crippen LogP contribution < -0.4 is 5.32 Å². The second-order valence-electron chi connectivity index (χ2n) is 4.38. The molecular weight excluding hydrogens is 160 g/mol. The topological polar surface area (TPSA) is 15.3 Å². The highest BCUT2D eigenvalue weighted by atomic mass is 15.2. The zero-order valence-corrected chi connectivity index (χ0v) is 9.14. The third kappa shape index (κ3) is 2.32. The van der Waals surface area contributed by atoms with Crippen molar-refractivity contribution in [1.29, 1.82) is 0 Å². The van der Waals surface area contributed by atoms with Crippen LogP contribution in [-0.4, -0.2) is 37.1 Å². The number of nitrogens with zero attached hydrogens (tertiary/aromatic N) is 1. The van der Waals surface area contributed by atoms with Crippen LogP contribution in [-0.2, 0) is 0 Å². The lowest BCUT2D eigenvalue weighted by Crippen LogP contribution is -2.57. The summed E-state index contributed by atoms with van der Waals surface area (Å²) in [6.45, 7) is 7.01. The summed E-state index contributed by atoms with van der Waals surface area (Å²) in [5, 5.41) is 3.50. The second-order valence-corrected chi connectivity index (χ2v) is 4.38. The molecule has 0 aromatic carbocycles. The van der Waals surface area contributed by atoms with Gasteiger partial charge in [-0.3, -0.25) is 0 Å². The first-order chi connectivity index (χ1) is 6.10. The summed E-state index contributed by atoms with van der Waals surface area (Å²) in [6, 6.07) is 0.428. The van der Waals surface area contributed by atoms with Crippen molar-refractivity contribution in [2.24, 2.45) is 0 Å². The summed E-state index contributed by atoms with van der Waals surface area (Å²) >= 11 is 0. The van der Waals surface area contributed by atoms with Gasteiger partial charge >= 0.3 is 0 Å². The normalized spacial score (nSPS) is 22.5. The monoisotopic (exact) mass is 182 g/mol. The van der Waals surface area contributed by atoms with Crippen LogP contribution in [0, 0.1) is 0 Å². The third-order valence-corrected chi connectivity index (χ3v) is 3.34. The van der Waals surface area contributed by atoms with E-state index in [4.69, 9.17) is 0 Å². The van der Waals surface area contributed by atoms with Crippen LogP contribution in [0.4, 0.5) is 0 Å². The Hall–Kier alpha value is -0.340. The van der Waals surface area contributed by atoms with Gasteiger partial charge in [0.15, 0.2) is 0 Å². The predicted molar refractivity (Wildman–Crippen MR) is 57.9 cm³/mol. The zero-order valence-electron chi connectivity index (χ0n) is 9.14. The van der Waals surface area contributed by atoms with Crippen molar-refractivity contribution in [2.75, 3.05) is 20.6 Å². The van der Waals surface area contributed by atoms with Gasteiger partial charge in [0.25, 0.3) is 0 Å². The molecule has 0 radical (unpaired) electrons. The maximum Gasteiger partial charge on any atom is 0.0328 e. The third-order valence-electron chi connectivity index (χ3n) is 3.34. The van der Waals surface area contributed by atoms with Crippen molar-refractivity contribution in [3.05, 3.63) is 12.7 Å². The van der Waals surface area contributed by atoms with E-state index in [1.165, 1.54) is 19.3 Å². The Morgan fingerprint density at radius 2 is 2.15 bits per heavy atom. The highest BCUT2D eigenvalue weighted by Crippen LogP contribution is 2.35. The molecule has 2 nitrogen and oxygen atoms in total. The summed E-state index contributed by atoms with van der Waals surface area (Å²) in [5.41, 5.74) is 0.428. The van der Waals surface area contributed by atoms with Crippen LogP contribution in [0.25, 0.3) is 0 Å². The van der Waals surface area contributed by atoms with Crippen molar-refractivity contribution in [2.45, 2.75) is 37.8 Å². The van der Waals surface area contributed by atoms with Crippen molar-refractivity contribution in [3.63, 3.8) is 0 Å². The van der Waals surface area contributed by atoms with Gasteiger partial charge in [-0.15, -0.1) is 6.58 Å². The molecule has 0 amide bonds. The number of hydrogen-bond acceptors (Lipinski definition) is 2. The highest BCUT2D eigenvalue weighted by molar-refractivity contribution is 4.99. The maximum atomic E-state index is 3.77. The molecule has 0 aromatic rings. The summed E-state index contributed by atoms with van der Waals surface area (Å²) < 4.78 is 0. The number of hydrogen-bond donors (Lipinski definition) is 1. The van der Waals surface area contributed by atoms with E-state index in [0.717, 1.165) is 6.54 Å². The van der Waals surface area contributed by atoms with E-state index in [1.54, 1.807) is 0 Å². The molecule has 1 aliphatic rings. The maximum absolute atomic E-state index is 3.77. The smallest absolute Gasteiger partial charge is 0.0328 e. The van der Waals surface area contributed by atoms with E-state index in [9.17, 15) is 0 Å². The molecule has 1 N–H and O–H groups in total. The second kappa shape index (κ2) is 4.25. The van der Waals surface area contributed by atoms with Crippen molar-refractivity contribution < 1.29 is 0 Å². The molecule has 1 aliphatic carbocycles. The molecule has 1 rings (SSSR count). The molecule has 0 spiro atoms. The lowest BCUT2D eigenvalue weighted by Gasteiger charge is -2.48. The lowest BCUT2D eigenvalue weighted by atomic mass is 9.75. The van der Waals surface area contributed by atoms with E-state index in [0.29, 0.717) is 11.6 Å². The minimum Gasteiger partial charge on any atom is -0.309 e. The van der Waals surface area contributed by atoms with Crippen molar-refractivity contribution >= 4 is 0 Å². The van der Waals surface area contributed by atoms with Gasteiger partial charge in [0.2, 0.25) is 0 Å². The SMILES string of the molecule is C=CC(C)NCC1(N(C)C)CCC1. The molecule has 0 heterocycles. The van der Waals surface area contributed by atoms with Crippen LogP contribution >= 0.6 is 0 Å². The molecule has 2 heteroatoms. The van der Waals surface area contributed by atoms with Gasteiger partial charge < -0.3 is 10.2 Å². The van der Waals surface area contributed by atoms with Crippen LogP contribution in [0.1, 0.15) is 26.2 Å². The van der Waals surface area contributed by atoms with Gasteiger partial charge in [-0.05, 0) is 40.3 Å². The van der Waals surface area contributed by atoms with Gasteiger partial charge in [-0.25, -0.2) is 0 Å². The van der Waals surface area contributed by atoms with Gasteiger partial charge in [0, 0.05) is 18.1 Å². The molecule has 76 valence electrons. The average Bonchev–Trinajstić information content (AvgIpc) is 2.01. The summed E-state index contributed by atoms with van der Waals surface area (Å²) in [7, 11) is 4.36. The van der Waals surface area contributed by atoms with Crippen LogP contribution in [0.2, 0.25) is 0 Å². The molecule has 13 heavy (non-hydrogen) atoms. The zero-order chi connectivity index (χ0) is 9.90. The Morgan fingerprint density at radius 1 is 1.54 bits per heavy atom. The molecule has 1 saturated carbocycles. The first-order valence-corrected chi connectivity index (χ1v) is 5.14. The largest absolute Gasteiger partial charge is 0.309 e. The Bertz CT molecular complexity index is 171. The van der Waals surface area contributed by atoms with Crippen molar-refractivity contribution in [1.82, 2.24) is 10.2 Å². The molecular formula is C11H22N2. The highest BCUT2D eigenvalue weighted by Gasteiger charge is 2.38. The van der Waals surface area contributed by atoms with Gasteiger partial charge in [-0.2, -0.15) is 0 Å². The average molecular weight is 182 g/mol. The first-order valence-electron chi connectivity index (χ1n) is 5.14. The van der Waals surface area contributed by atoms with Crippen LogP contribution in [0.5, 0.6) is 0 Å². The minimum atomic E-state index is 0.428. The van der Waals surface area contributed by atoms with E-state index in [2.05, 4.69) is 37.8 Å². The Kier molecular flexibility index (Phi) is 3.51. The predicted octanol–water partition coefficient (Wildman–Crippen LogP) is 1.63. The quantitative estimate of drug-likeness (QED) is 0.650. The molecule has 1 fully saturated rings. The van der Waals surface area contributed by atoms with Crippen LogP contribution in [0.3, 0.4) is 0 Å². The fourth-order valence-corrected chi connectivity index (χ4v) is 1.80. The van der Waals surface area contributed by atoms with E-state index in [-0.39, 0.29) is 0 Å². The Morgan fingerprint density at radius 3 is 2.46 bits per heavy atom. The van der Waals surface area contributed by atoms with Gasteiger partial charge in [-0.1, -0.05) is 6.08 Å². The van der Waals surface area contributed by atoms with Crippen molar-refractivity contribution in [3.8, 4) is 0 Å². The van der Waals surface area contributed by atoms with Crippen LogP contribution in [0.15, 0.2) is 12.7 Å². The summed E-state index contributed by atoms with van der Waals surface area (Å²) in [6.07, 6.45) is 6.00. The number of likely N-dealkylation sites (N-methyl/N-ethyl adjacent to an activating group) is 1. The summed E-state index contributed by atoms with van der Waals surface area (Å²) in [5.74, 6) is 0. The molecule has 0 bridgehead atoms. The summed E-state index contributed by atoms with van der Waals surface area (Å²) in [4.78, 5) is 2.36. The lowest BCUT2D eigenvalue weighted by molar-refractivity contribution is 0.0590. The standard InChI is InChI=1S/C11H22N2/c1-5-10(2)12-9-11(13(3)4)7-6-8-11/h5,10,12H,1,6-9H2,2-4H3. The van der Waals surface area contributed by atoms with E-state index in [1.807, 2.05) is 6.08 Å².